The largest absolute Gasteiger partial charge is 0.326 e. The van der Waals surface area contributed by atoms with E-state index in [2.05, 4.69) is 26.0 Å². The number of imidazole rings is 1. The van der Waals surface area contributed by atoms with Gasteiger partial charge in [0.15, 0.2) is 5.82 Å². The number of fused-ring (bicyclic) bond motifs is 1. The van der Waals surface area contributed by atoms with Crippen molar-refractivity contribution in [3.8, 4) is 11.5 Å². The average molecular weight is 423 g/mol. The van der Waals surface area contributed by atoms with E-state index >= 15 is 0 Å². The Morgan fingerprint density at radius 3 is 2.58 bits per heavy atom. The van der Waals surface area contributed by atoms with Gasteiger partial charge < -0.3 is 9.88 Å². The first-order chi connectivity index (χ1) is 11.5. The highest BCUT2D eigenvalue weighted by Gasteiger charge is 2.27. The molecule has 0 atom stereocenters. The van der Waals surface area contributed by atoms with Crippen molar-refractivity contribution in [2.75, 3.05) is 25.9 Å². The van der Waals surface area contributed by atoms with Crippen molar-refractivity contribution in [2.24, 2.45) is 0 Å². The van der Waals surface area contributed by atoms with E-state index in [1.54, 1.807) is 10.5 Å². The van der Waals surface area contributed by atoms with Gasteiger partial charge in [-0.25, -0.2) is 17.7 Å². The highest BCUT2D eigenvalue weighted by molar-refractivity contribution is 7.88. The monoisotopic (exact) mass is 422 g/mol. The lowest BCUT2D eigenvalue weighted by Gasteiger charge is -2.31. The molecule has 26 heavy (non-hydrogen) atoms. The topological polar surface area (TPSA) is 85.1 Å². The van der Waals surface area contributed by atoms with Crippen LogP contribution in [0, 0.1) is 0 Å². The minimum absolute atomic E-state index is 0. The molecule has 11 heteroatoms. The maximum absolute atomic E-state index is 11.7. The van der Waals surface area contributed by atoms with Gasteiger partial charge in [-0.2, -0.15) is 5.10 Å². The predicted molar refractivity (Wildman–Crippen MR) is 104 cm³/mol. The van der Waals surface area contributed by atoms with Crippen LogP contribution in [0.2, 0.25) is 0 Å². The van der Waals surface area contributed by atoms with Crippen molar-refractivity contribution in [3.63, 3.8) is 0 Å². The van der Waals surface area contributed by atoms with E-state index in [1.807, 2.05) is 10.9 Å². The summed E-state index contributed by atoms with van der Waals surface area (Å²) in [5.41, 5.74) is 2.07. The van der Waals surface area contributed by atoms with Crippen LogP contribution < -0.4 is 5.32 Å². The smallest absolute Gasteiger partial charge is 0.211 e. The van der Waals surface area contributed by atoms with E-state index in [-0.39, 0.29) is 30.9 Å². The molecule has 2 aromatic heterocycles. The summed E-state index contributed by atoms with van der Waals surface area (Å²) in [5.74, 6) is 0.870. The molecular weight excluding hydrogens is 399 g/mol. The number of rotatable bonds is 3. The van der Waals surface area contributed by atoms with E-state index in [0.717, 1.165) is 44.0 Å². The molecule has 0 radical (unpaired) electrons. The predicted octanol–water partition coefficient (Wildman–Crippen LogP) is 1.29. The number of sulfonamides is 1. The Morgan fingerprint density at radius 2 is 1.92 bits per heavy atom. The second kappa shape index (κ2) is 8.26. The summed E-state index contributed by atoms with van der Waals surface area (Å²) in [6.45, 7) is 3.77. The van der Waals surface area contributed by atoms with Gasteiger partial charge in [0, 0.05) is 44.6 Å². The zero-order valence-electron chi connectivity index (χ0n) is 14.5. The van der Waals surface area contributed by atoms with Gasteiger partial charge in [-0.1, -0.05) is 0 Å². The third-order valence-corrected chi connectivity index (χ3v) is 6.16. The van der Waals surface area contributed by atoms with Crippen LogP contribution in [-0.2, 0) is 23.1 Å². The van der Waals surface area contributed by atoms with Gasteiger partial charge in [-0.05, 0) is 18.9 Å². The van der Waals surface area contributed by atoms with Gasteiger partial charge in [0.1, 0.15) is 5.69 Å². The van der Waals surface area contributed by atoms with Crippen molar-refractivity contribution >= 4 is 34.8 Å². The molecule has 2 aliphatic rings. The lowest BCUT2D eigenvalue weighted by atomic mass is 10.1. The van der Waals surface area contributed by atoms with Crippen molar-refractivity contribution < 1.29 is 8.42 Å². The van der Waals surface area contributed by atoms with Gasteiger partial charge in [0.2, 0.25) is 10.0 Å². The molecule has 2 aromatic rings. The molecule has 1 fully saturated rings. The molecule has 0 unspecified atom stereocenters. The molecule has 146 valence electrons. The van der Waals surface area contributed by atoms with Gasteiger partial charge in [-0.3, -0.25) is 4.68 Å². The van der Waals surface area contributed by atoms with Gasteiger partial charge in [0.25, 0.3) is 0 Å². The standard InChI is InChI=1S/C15H22N6O2S.2ClH/c1-24(22,23)19-6-2-12(3-7-19)20-8-5-17-15(20)14-10-13-11-16-4-9-21(13)18-14;;/h5,8,10,12,16H,2-4,6-7,9,11H2,1H3;2*1H. The van der Waals surface area contributed by atoms with Crippen LogP contribution in [0.15, 0.2) is 18.5 Å². The molecule has 0 aliphatic carbocycles. The summed E-state index contributed by atoms with van der Waals surface area (Å²) in [6, 6.07) is 2.36. The molecule has 0 saturated carbocycles. The molecule has 0 aromatic carbocycles. The fourth-order valence-electron chi connectivity index (χ4n) is 3.56. The Kier molecular flexibility index (Phi) is 6.73. The molecule has 8 nitrogen and oxygen atoms in total. The zero-order chi connectivity index (χ0) is 16.7. The number of aromatic nitrogens is 4. The molecule has 0 bridgehead atoms. The summed E-state index contributed by atoms with van der Waals surface area (Å²) in [4.78, 5) is 4.51. The average Bonchev–Trinajstić information content (AvgIpc) is 3.20. The van der Waals surface area contributed by atoms with Crippen LogP contribution in [0.5, 0.6) is 0 Å². The van der Waals surface area contributed by atoms with Crippen LogP contribution in [0.1, 0.15) is 24.6 Å². The lowest BCUT2D eigenvalue weighted by Crippen LogP contribution is -2.38. The Bertz CT molecular complexity index is 819. The minimum atomic E-state index is -3.10. The molecule has 0 spiro atoms. The molecule has 2 aliphatic heterocycles. The Hall–Kier alpha value is -1.13. The Balaban J connectivity index is 0.00000121. The van der Waals surface area contributed by atoms with Crippen molar-refractivity contribution in [1.29, 1.82) is 0 Å². The summed E-state index contributed by atoms with van der Waals surface area (Å²) in [7, 11) is -3.10. The fourth-order valence-corrected chi connectivity index (χ4v) is 4.43. The summed E-state index contributed by atoms with van der Waals surface area (Å²) in [5, 5.41) is 8.04. The summed E-state index contributed by atoms with van der Waals surface area (Å²) in [6.07, 6.45) is 6.65. The van der Waals surface area contributed by atoms with Gasteiger partial charge in [0.05, 0.1) is 18.5 Å². The SMILES string of the molecule is CS(=O)(=O)N1CCC(n2ccnc2-c2cc3n(n2)CCNC3)CC1.Cl.Cl. The van der Waals surface area contributed by atoms with Crippen molar-refractivity contribution in [1.82, 2.24) is 29.0 Å². The first-order valence-corrected chi connectivity index (χ1v) is 10.1. The molecule has 4 rings (SSSR count). The highest BCUT2D eigenvalue weighted by atomic mass is 35.5. The maximum Gasteiger partial charge on any atom is 0.211 e. The second-order valence-electron chi connectivity index (χ2n) is 6.47. The normalized spacial score (nSPS) is 18.7. The van der Waals surface area contributed by atoms with Gasteiger partial charge >= 0.3 is 0 Å². The first-order valence-electron chi connectivity index (χ1n) is 8.28. The zero-order valence-corrected chi connectivity index (χ0v) is 17.0. The van der Waals surface area contributed by atoms with Crippen molar-refractivity contribution in [3.05, 3.63) is 24.2 Å². The van der Waals surface area contributed by atoms with Crippen LogP contribution in [0.3, 0.4) is 0 Å². The highest BCUT2D eigenvalue weighted by Crippen LogP contribution is 2.29. The third kappa shape index (κ3) is 4.07. The molecule has 4 heterocycles. The first kappa shape index (κ1) is 21.2. The van der Waals surface area contributed by atoms with Crippen LogP contribution >= 0.6 is 24.8 Å². The molecule has 0 amide bonds. The van der Waals surface area contributed by atoms with E-state index < -0.39 is 10.0 Å². The molecule has 1 N–H and O–H groups in total. The molecular formula is C15H24Cl2N6O2S. The lowest BCUT2D eigenvalue weighted by molar-refractivity contribution is 0.276. The Morgan fingerprint density at radius 1 is 1.19 bits per heavy atom. The number of hydrogen-bond donors (Lipinski definition) is 1. The summed E-state index contributed by atoms with van der Waals surface area (Å²) < 4.78 is 29.1. The fraction of sp³-hybridized carbons (Fsp3) is 0.600. The number of nitrogens with one attached hydrogen (secondary N) is 1. The maximum atomic E-state index is 11.7. The Labute approximate surface area is 165 Å². The van der Waals surface area contributed by atoms with Gasteiger partial charge in [-0.15, -0.1) is 24.8 Å². The second-order valence-corrected chi connectivity index (χ2v) is 8.45. The number of piperidine rings is 1. The van der Waals surface area contributed by atoms with Crippen molar-refractivity contribution in [2.45, 2.75) is 32.0 Å². The number of hydrogen-bond acceptors (Lipinski definition) is 5. The van der Waals surface area contributed by atoms with E-state index in [1.165, 1.54) is 11.9 Å². The van der Waals surface area contributed by atoms with Crippen LogP contribution in [-0.4, -0.2) is 57.9 Å². The van der Waals surface area contributed by atoms with E-state index in [4.69, 9.17) is 0 Å². The number of halogens is 2. The summed E-state index contributed by atoms with van der Waals surface area (Å²) >= 11 is 0. The third-order valence-electron chi connectivity index (χ3n) is 4.85. The van der Waals surface area contributed by atoms with E-state index in [9.17, 15) is 8.42 Å². The minimum Gasteiger partial charge on any atom is -0.326 e. The van der Waals surface area contributed by atoms with E-state index in [0.29, 0.717) is 13.1 Å². The number of nitrogens with zero attached hydrogens (tertiary/aromatic N) is 5. The van der Waals surface area contributed by atoms with Crippen LogP contribution in [0.4, 0.5) is 0 Å². The molecule has 1 saturated heterocycles. The quantitative estimate of drug-likeness (QED) is 0.804. The van der Waals surface area contributed by atoms with Crippen LogP contribution in [0.25, 0.3) is 11.5 Å².